The van der Waals surface area contributed by atoms with Crippen LogP contribution in [-0.2, 0) is 17.4 Å². The van der Waals surface area contributed by atoms with Gasteiger partial charge >= 0.3 is 6.18 Å². The second-order valence-corrected chi connectivity index (χ2v) is 8.55. The lowest BCUT2D eigenvalue weighted by molar-refractivity contribution is -0.137. The molecule has 0 radical (unpaired) electrons. The van der Waals surface area contributed by atoms with Crippen molar-refractivity contribution in [3.63, 3.8) is 0 Å². The highest BCUT2D eigenvalue weighted by atomic mass is 19.4. The van der Waals surface area contributed by atoms with Crippen LogP contribution in [0.4, 0.5) is 28.9 Å². The standard InChI is InChI=1S/C27H21F4N3O2/c28-18-7-9-25-16(11-18)12-20(34(25)19-4-1-3-17(13-19)27(29,30)31)8-10-26(36)33-24-6-2-5-23-22(24)14-21(35)15-32-23/h1-13,21,32,35H,14-15H2,(H,33,36)/b10-8+. The Morgan fingerprint density at radius 3 is 2.69 bits per heavy atom. The minimum atomic E-state index is -4.53. The van der Waals surface area contributed by atoms with Crippen molar-refractivity contribution in [2.75, 3.05) is 17.2 Å². The van der Waals surface area contributed by atoms with E-state index >= 15 is 0 Å². The minimum absolute atomic E-state index is 0.226. The Hall–Kier alpha value is -4.11. The van der Waals surface area contributed by atoms with Gasteiger partial charge in [0.1, 0.15) is 5.82 Å². The van der Waals surface area contributed by atoms with E-state index in [2.05, 4.69) is 10.6 Å². The van der Waals surface area contributed by atoms with Gasteiger partial charge in [-0.1, -0.05) is 12.1 Å². The van der Waals surface area contributed by atoms with Gasteiger partial charge in [0.25, 0.3) is 0 Å². The Kier molecular flexibility index (Phi) is 6.01. The van der Waals surface area contributed by atoms with Crippen LogP contribution >= 0.6 is 0 Å². The normalized spacial score (nSPS) is 15.6. The third-order valence-corrected chi connectivity index (χ3v) is 6.03. The summed E-state index contributed by atoms with van der Waals surface area (Å²) in [6.07, 6.45) is -1.98. The Morgan fingerprint density at radius 1 is 1.08 bits per heavy atom. The lowest BCUT2D eigenvalue weighted by atomic mass is 9.99. The van der Waals surface area contributed by atoms with Crippen LogP contribution < -0.4 is 10.6 Å². The molecule has 9 heteroatoms. The fourth-order valence-electron chi connectivity index (χ4n) is 4.40. The molecule has 0 saturated carbocycles. The molecule has 5 nitrogen and oxygen atoms in total. The number of nitrogens with one attached hydrogen (secondary N) is 2. The van der Waals surface area contributed by atoms with Gasteiger partial charge in [-0.15, -0.1) is 0 Å². The zero-order chi connectivity index (χ0) is 25.4. The van der Waals surface area contributed by atoms with E-state index in [1.807, 2.05) is 6.07 Å². The lowest BCUT2D eigenvalue weighted by Gasteiger charge is -2.24. The average molecular weight is 495 g/mol. The first kappa shape index (κ1) is 23.6. The topological polar surface area (TPSA) is 66.3 Å². The van der Waals surface area contributed by atoms with Crippen LogP contribution in [0.25, 0.3) is 22.7 Å². The van der Waals surface area contributed by atoms with Gasteiger partial charge < -0.3 is 20.3 Å². The summed E-state index contributed by atoms with van der Waals surface area (Å²) in [6.45, 7) is 0.422. The lowest BCUT2D eigenvalue weighted by Crippen LogP contribution is -2.28. The molecule has 0 spiro atoms. The van der Waals surface area contributed by atoms with Crippen molar-refractivity contribution in [1.82, 2.24) is 4.57 Å². The second kappa shape index (κ2) is 9.16. The number of amides is 1. The molecule has 1 aliphatic heterocycles. The molecule has 1 amide bonds. The summed E-state index contributed by atoms with van der Waals surface area (Å²) in [5.74, 6) is -0.947. The largest absolute Gasteiger partial charge is 0.416 e. The molecule has 0 bridgehead atoms. The molecule has 5 rings (SSSR count). The minimum Gasteiger partial charge on any atom is -0.391 e. The van der Waals surface area contributed by atoms with Gasteiger partial charge in [0.2, 0.25) is 5.91 Å². The van der Waals surface area contributed by atoms with Crippen LogP contribution in [0, 0.1) is 5.82 Å². The number of rotatable bonds is 4. The van der Waals surface area contributed by atoms with Crippen LogP contribution in [0.1, 0.15) is 16.8 Å². The number of fused-ring (bicyclic) bond motifs is 2. The SMILES string of the molecule is O=C(/C=C/c1cc2cc(F)ccc2n1-c1cccc(C(F)(F)F)c1)Nc1cccc2c1CC(O)CN2. The molecular formula is C27H21F4N3O2. The van der Waals surface area contributed by atoms with Gasteiger partial charge in [-0.3, -0.25) is 4.79 Å². The molecule has 36 heavy (non-hydrogen) atoms. The summed E-state index contributed by atoms with van der Waals surface area (Å²) >= 11 is 0. The zero-order valence-corrected chi connectivity index (χ0v) is 18.8. The number of carbonyl (C=O) groups is 1. The summed E-state index contributed by atoms with van der Waals surface area (Å²) in [5.41, 5.74) is 2.46. The maximum Gasteiger partial charge on any atom is 0.416 e. The van der Waals surface area contributed by atoms with E-state index in [0.29, 0.717) is 35.2 Å². The van der Waals surface area contributed by atoms with E-state index in [9.17, 15) is 27.5 Å². The maximum absolute atomic E-state index is 13.9. The van der Waals surface area contributed by atoms with Crippen molar-refractivity contribution >= 4 is 34.3 Å². The van der Waals surface area contributed by atoms with E-state index in [-0.39, 0.29) is 5.69 Å². The van der Waals surface area contributed by atoms with E-state index in [4.69, 9.17) is 0 Å². The number of hydrogen-bond acceptors (Lipinski definition) is 3. The molecule has 0 saturated heterocycles. The molecule has 4 aromatic rings. The molecule has 0 aliphatic carbocycles. The molecular weight excluding hydrogens is 474 g/mol. The average Bonchev–Trinajstić information content (AvgIpc) is 3.20. The van der Waals surface area contributed by atoms with E-state index in [1.54, 1.807) is 22.8 Å². The summed E-state index contributed by atoms with van der Waals surface area (Å²) in [5, 5.41) is 16.4. The van der Waals surface area contributed by atoms with Crippen LogP contribution in [0.15, 0.2) is 72.8 Å². The molecule has 1 aromatic heterocycles. The Bertz CT molecular complexity index is 1490. The predicted molar refractivity (Wildman–Crippen MR) is 131 cm³/mol. The number of benzene rings is 3. The number of alkyl halides is 3. The number of halogens is 4. The first-order valence-corrected chi connectivity index (χ1v) is 11.2. The number of anilines is 2. The number of aliphatic hydroxyl groups is 1. The monoisotopic (exact) mass is 495 g/mol. The summed E-state index contributed by atoms with van der Waals surface area (Å²) < 4.78 is 55.4. The highest BCUT2D eigenvalue weighted by Gasteiger charge is 2.30. The van der Waals surface area contributed by atoms with E-state index in [0.717, 1.165) is 23.4 Å². The first-order chi connectivity index (χ1) is 17.2. The Labute approximate surface area is 203 Å². The third kappa shape index (κ3) is 4.70. The molecule has 3 N–H and O–H groups in total. The third-order valence-electron chi connectivity index (χ3n) is 6.03. The van der Waals surface area contributed by atoms with Crippen LogP contribution in [-0.4, -0.2) is 28.2 Å². The van der Waals surface area contributed by atoms with Crippen molar-refractivity contribution in [1.29, 1.82) is 0 Å². The molecule has 2 heterocycles. The molecule has 1 unspecified atom stereocenters. The fraction of sp³-hybridized carbons (Fsp3) is 0.148. The van der Waals surface area contributed by atoms with Crippen molar-refractivity contribution < 1.29 is 27.5 Å². The fourth-order valence-corrected chi connectivity index (χ4v) is 4.40. The van der Waals surface area contributed by atoms with Crippen LogP contribution in [0.3, 0.4) is 0 Å². The quantitative estimate of drug-likeness (QED) is 0.249. The number of aromatic nitrogens is 1. The second-order valence-electron chi connectivity index (χ2n) is 8.55. The van der Waals surface area contributed by atoms with Crippen molar-refractivity contribution in [2.24, 2.45) is 0 Å². The number of nitrogens with zero attached hydrogens (tertiary/aromatic N) is 1. The zero-order valence-electron chi connectivity index (χ0n) is 18.8. The predicted octanol–water partition coefficient (Wildman–Crippen LogP) is 5.77. The van der Waals surface area contributed by atoms with Gasteiger partial charge in [0.15, 0.2) is 0 Å². The van der Waals surface area contributed by atoms with E-state index in [1.165, 1.54) is 42.5 Å². The molecule has 1 aliphatic rings. The Morgan fingerprint density at radius 2 is 1.89 bits per heavy atom. The number of β-amino-alcohol motifs (C(OH)–C–C–N with tert-alkyl or cyclic N) is 1. The smallest absolute Gasteiger partial charge is 0.391 e. The van der Waals surface area contributed by atoms with Crippen LogP contribution in [0.5, 0.6) is 0 Å². The summed E-state index contributed by atoms with van der Waals surface area (Å²) in [7, 11) is 0. The summed E-state index contributed by atoms with van der Waals surface area (Å²) in [4.78, 5) is 12.8. The van der Waals surface area contributed by atoms with Gasteiger partial charge in [0.05, 0.1) is 17.2 Å². The first-order valence-electron chi connectivity index (χ1n) is 11.2. The van der Waals surface area contributed by atoms with Gasteiger partial charge in [-0.05, 0) is 60.7 Å². The summed E-state index contributed by atoms with van der Waals surface area (Å²) in [6, 6.07) is 15.8. The maximum atomic E-state index is 13.9. The van der Waals surface area contributed by atoms with Crippen molar-refractivity contribution in [3.8, 4) is 5.69 Å². The molecule has 1 atom stereocenters. The number of hydrogen-bond donors (Lipinski definition) is 3. The molecule has 0 fully saturated rings. The van der Waals surface area contributed by atoms with Gasteiger partial charge in [-0.25, -0.2) is 4.39 Å². The molecule has 184 valence electrons. The van der Waals surface area contributed by atoms with E-state index < -0.39 is 29.6 Å². The van der Waals surface area contributed by atoms with Crippen molar-refractivity contribution in [3.05, 3.63) is 95.4 Å². The highest BCUT2D eigenvalue weighted by molar-refractivity contribution is 6.03. The van der Waals surface area contributed by atoms with Crippen molar-refractivity contribution in [2.45, 2.75) is 18.7 Å². The van der Waals surface area contributed by atoms with Gasteiger partial charge in [-0.2, -0.15) is 13.2 Å². The van der Waals surface area contributed by atoms with Crippen LogP contribution in [0.2, 0.25) is 0 Å². The van der Waals surface area contributed by atoms with Gasteiger partial charge in [0, 0.05) is 52.7 Å². The number of carbonyl (C=O) groups excluding carboxylic acids is 1. The molecule has 3 aromatic carbocycles. The Balaban J connectivity index is 1.50. The highest BCUT2D eigenvalue weighted by Crippen LogP contribution is 2.33. The number of aliphatic hydroxyl groups excluding tert-OH is 1.